The van der Waals surface area contributed by atoms with Gasteiger partial charge in [0, 0.05) is 12.8 Å². The van der Waals surface area contributed by atoms with Crippen molar-refractivity contribution in [1.82, 2.24) is 0 Å². The van der Waals surface area contributed by atoms with Crippen LogP contribution in [0.1, 0.15) is 463 Å². The summed E-state index contributed by atoms with van der Waals surface area (Å²) in [6.07, 6.45) is 107. The van der Waals surface area contributed by atoms with Crippen molar-refractivity contribution in [1.29, 1.82) is 0 Å². The number of rotatable bonds is 77. The fourth-order valence-electron chi connectivity index (χ4n) is 12.8. The first-order chi connectivity index (χ1) is 43.6. The second-order valence-electron chi connectivity index (χ2n) is 27.8. The minimum atomic E-state index is -0.770. The molecule has 0 saturated heterocycles. The topological polar surface area (TPSA) is 72.8 Å². The molecule has 0 heterocycles. The Hall–Kier alpha value is -1.88. The Morgan fingerprint density at radius 3 is 0.682 bits per heavy atom. The molecular formula is C83H158O5. The molecule has 0 aromatic heterocycles. The monoisotopic (exact) mass is 1240 g/mol. The van der Waals surface area contributed by atoms with Crippen molar-refractivity contribution in [3.63, 3.8) is 0 Å². The smallest absolute Gasteiger partial charge is 0.306 e. The Kier molecular flexibility index (Phi) is 77.7. The highest BCUT2D eigenvalue weighted by atomic mass is 16.6. The highest BCUT2D eigenvalue weighted by Gasteiger charge is 2.16. The zero-order valence-electron chi connectivity index (χ0n) is 60.0. The van der Waals surface area contributed by atoms with Crippen molar-refractivity contribution in [2.45, 2.75) is 469 Å². The number of ether oxygens (including phenoxy) is 2. The SMILES string of the molecule is CCCCCCC/C=C\C/C=C\CCCCCCCCCCCCCCCCCCCCCCCCCC(=O)OC(CO)COC(=O)CCCCCCCCCCCCCCCCCCCCCCCCCCCCC/C=C\CCCCCCCCCC. The van der Waals surface area contributed by atoms with Crippen LogP contribution in [0.2, 0.25) is 0 Å². The van der Waals surface area contributed by atoms with Crippen molar-refractivity contribution < 1.29 is 24.2 Å². The normalized spacial score (nSPS) is 12.3. The average Bonchev–Trinajstić information content (AvgIpc) is 3.54. The number of hydrogen-bond donors (Lipinski definition) is 1. The number of unbranched alkanes of at least 4 members (excludes halogenated alkanes) is 63. The molecule has 0 fully saturated rings. The highest BCUT2D eigenvalue weighted by Crippen LogP contribution is 2.20. The van der Waals surface area contributed by atoms with Gasteiger partial charge in [-0.25, -0.2) is 0 Å². The van der Waals surface area contributed by atoms with Gasteiger partial charge in [0.1, 0.15) is 6.61 Å². The van der Waals surface area contributed by atoms with Gasteiger partial charge in [-0.05, 0) is 70.6 Å². The summed E-state index contributed by atoms with van der Waals surface area (Å²) in [5.41, 5.74) is 0. The van der Waals surface area contributed by atoms with Gasteiger partial charge in [0.05, 0.1) is 6.61 Å². The van der Waals surface area contributed by atoms with Crippen molar-refractivity contribution in [3.05, 3.63) is 36.5 Å². The maximum atomic E-state index is 12.4. The molecule has 0 rings (SSSR count). The van der Waals surface area contributed by atoms with Crippen LogP contribution in [0.4, 0.5) is 0 Å². The summed E-state index contributed by atoms with van der Waals surface area (Å²) in [7, 11) is 0. The molecule has 1 unspecified atom stereocenters. The van der Waals surface area contributed by atoms with Crippen LogP contribution in [-0.4, -0.2) is 36.4 Å². The third kappa shape index (κ3) is 76.6. The lowest BCUT2D eigenvalue weighted by Gasteiger charge is -2.15. The second kappa shape index (κ2) is 79.4. The van der Waals surface area contributed by atoms with E-state index >= 15 is 0 Å². The Labute approximate surface area is 552 Å². The maximum absolute atomic E-state index is 12.4. The summed E-state index contributed by atoms with van der Waals surface area (Å²) < 4.78 is 10.8. The predicted molar refractivity (Wildman–Crippen MR) is 390 cm³/mol. The number of hydrogen-bond acceptors (Lipinski definition) is 5. The summed E-state index contributed by atoms with van der Waals surface area (Å²) in [6, 6.07) is 0. The lowest BCUT2D eigenvalue weighted by molar-refractivity contribution is -0.161. The van der Waals surface area contributed by atoms with E-state index in [-0.39, 0.29) is 25.2 Å². The number of carbonyl (C=O) groups is 2. The van der Waals surface area contributed by atoms with E-state index in [1.165, 1.54) is 398 Å². The molecule has 0 radical (unpaired) electrons. The molecule has 0 aromatic rings. The van der Waals surface area contributed by atoms with E-state index in [1.807, 2.05) is 0 Å². The van der Waals surface area contributed by atoms with Crippen LogP contribution >= 0.6 is 0 Å². The largest absolute Gasteiger partial charge is 0.462 e. The van der Waals surface area contributed by atoms with Crippen molar-refractivity contribution in [2.75, 3.05) is 13.2 Å². The lowest BCUT2D eigenvalue weighted by Crippen LogP contribution is -2.28. The highest BCUT2D eigenvalue weighted by molar-refractivity contribution is 5.70. The van der Waals surface area contributed by atoms with Crippen LogP contribution in [0, 0.1) is 0 Å². The molecule has 0 amide bonds. The predicted octanol–water partition coefficient (Wildman–Crippen LogP) is 28.4. The van der Waals surface area contributed by atoms with Gasteiger partial charge in [-0.2, -0.15) is 0 Å². The first-order valence-corrected chi connectivity index (χ1v) is 40.5. The zero-order valence-corrected chi connectivity index (χ0v) is 60.0. The van der Waals surface area contributed by atoms with E-state index in [2.05, 4.69) is 50.3 Å². The first kappa shape index (κ1) is 86.1. The molecule has 0 aromatic carbocycles. The molecule has 0 saturated carbocycles. The molecule has 520 valence electrons. The number of esters is 2. The first-order valence-electron chi connectivity index (χ1n) is 40.5. The fraction of sp³-hybridized carbons (Fsp3) is 0.904. The minimum Gasteiger partial charge on any atom is -0.462 e. The molecule has 5 heteroatoms. The maximum Gasteiger partial charge on any atom is 0.306 e. The van der Waals surface area contributed by atoms with E-state index < -0.39 is 6.10 Å². The van der Waals surface area contributed by atoms with Gasteiger partial charge in [-0.15, -0.1) is 0 Å². The molecule has 0 aliphatic heterocycles. The van der Waals surface area contributed by atoms with Crippen LogP contribution in [0.3, 0.4) is 0 Å². The third-order valence-electron chi connectivity index (χ3n) is 18.9. The van der Waals surface area contributed by atoms with Gasteiger partial charge in [-0.1, -0.05) is 416 Å². The Bertz CT molecular complexity index is 1400. The van der Waals surface area contributed by atoms with Gasteiger partial charge >= 0.3 is 11.9 Å². The van der Waals surface area contributed by atoms with E-state index in [0.717, 1.165) is 38.5 Å². The van der Waals surface area contributed by atoms with Crippen molar-refractivity contribution in [2.24, 2.45) is 0 Å². The lowest BCUT2D eigenvalue weighted by atomic mass is 10.0. The van der Waals surface area contributed by atoms with Crippen molar-refractivity contribution >= 4 is 11.9 Å². The number of aliphatic hydroxyl groups is 1. The number of aliphatic hydroxyl groups excluding tert-OH is 1. The van der Waals surface area contributed by atoms with Gasteiger partial charge in [0.25, 0.3) is 0 Å². The second-order valence-corrected chi connectivity index (χ2v) is 27.8. The summed E-state index contributed by atoms with van der Waals surface area (Å²) >= 11 is 0. The van der Waals surface area contributed by atoms with Gasteiger partial charge < -0.3 is 14.6 Å². The van der Waals surface area contributed by atoms with E-state index in [0.29, 0.717) is 12.8 Å². The van der Waals surface area contributed by atoms with E-state index in [1.54, 1.807) is 0 Å². The van der Waals surface area contributed by atoms with Crippen molar-refractivity contribution in [3.8, 4) is 0 Å². The average molecular weight is 1240 g/mol. The van der Waals surface area contributed by atoms with Crippen LogP contribution < -0.4 is 0 Å². The summed E-state index contributed by atoms with van der Waals surface area (Å²) in [5, 5.41) is 9.73. The van der Waals surface area contributed by atoms with E-state index in [9.17, 15) is 14.7 Å². The fourth-order valence-corrected chi connectivity index (χ4v) is 12.8. The molecule has 0 spiro atoms. The van der Waals surface area contributed by atoms with Crippen LogP contribution in [0.25, 0.3) is 0 Å². The Morgan fingerprint density at radius 1 is 0.261 bits per heavy atom. The van der Waals surface area contributed by atoms with Crippen LogP contribution in [0.5, 0.6) is 0 Å². The summed E-state index contributed by atoms with van der Waals surface area (Å²) in [4.78, 5) is 24.7. The van der Waals surface area contributed by atoms with Crippen LogP contribution in [0.15, 0.2) is 36.5 Å². The standard InChI is InChI=1S/C83H158O5/c1-3-5-7-9-11-13-15-17-19-21-23-25-27-29-31-33-35-37-39-40-41-42-44-45-47-49-51-53-55-57-59-61-63-65-67-69-71-73-75-77-82(85)87-80-81(79-84)88-83(86)78-76-74-72-70-68-66-64-62-60-58-56-54-52-50-48-46-43-38-36-34-32-30-28-26-24-22-20-18-16-14-12-10-8-6-4-2/h16,18,21-24,81,84H,3-15,17,19-20,25-80H2,1-2H3/b18-16-,23-21-,24-22-. The van der Waals surface area contributed by atoms with E-state index in [4.69, 9.17) is 9.47 Å². The zero-order chi connectivity index (χ0) is 63.3. The Balaban J connectivity index is 3.35. The van der Waals surface area contributed by atoms with Gasteiger partial charge in [-0.3, -0.25) is 9.59 Å². The number of allylic oxidation sites excluding steroid dienone is 6. The molecular weight excluding hydrogens is 1080 g/mol. The molecule has 0 bridgehead atoms. The Morgan fingerprint density at radius 2 is 0.455 bits per heavy atom. The van der Waals surface area contributed by atoms with Gasteiger partial charge in [0.2, 0.25) is 0 Å². The quantitative estimate of drug-likeness (QED) is 0.0373. The molecule has 0 aliphatic carbocycles. The molecule has 1 N–H and O–H groups in total. The number of carbonyl (C=O) groups excluding carboxylic acids is 2. The molecule has 5 nitrogen and oxygen atoms in total. The summed E-state index contributed by atoms with van der Waals surface area (Å²) in [5.74, 6) is -0.561. The van der Waals surface area contributed by atoms with Gasteiger partial charge in [0.15, 0.2) is 6.10 Å². The molecule has 88 heavy (non-hydrogen) atoms. The third-order valence-corrected chi connectivity index (χ3v) is 18.9. The van der Waals surface area contributed by atoms with Crippen LogP contribution in [-0.2, 0) is 19.1 Å². The minimum absolute atomic E-state index is 0.0579. The molecule has 1 atom stereocenters. The summed E-state index contributed by atoms with van der Waals surface area (Å²) in [6.45, 7) is 4.20. The molecule has 0 aliphatic rings.